The van der Waals surface area contributed by atoms with Crippen LogP contribution >= 0.6 is 11.8 Å². The molecule has 2 aromatic rings. The maximum absolute atomic E-state index is 13.1. The third-order valence-corrected chi connectivity index (χ3v) is 8.80. The lowest BCUT2D eigenvalue weighted by molar-refractivity contribution is -0.126. The summed E-state index contributed by atoms with van der Waals surface area (Å²) in [5.74, 6) is -0.885. The molecule has 0 aliphatic carbocycles. The minimum absolute atomic E-state index is 0.130. The van der Waals surface area contributed by atoms with Gasteiger partial charge in [0.2, 0.25) is 21.8 Å². The van der Waals surface area contributed by atoms with E-state index < -0.39 is 10.0 Å². The van der Waals surface area contributed by atoms with Crippen LogP contribution in [0.3, 0.4) is 0 Å². The molecular formula is C22H24FN3O4S2. The van der Waals surface area contributed by atoms with Crippen molar-refractivity contribution in [3.8, 4) is 0 Å². The summed E-state index contributed by atoms with van der Waals surface area (Å²) >= 11 is 1.40. The lowest BCUT2D eigenvalue weighted by atomic mass is 9.97. The molecule has 4 rings (SSSR count). The molecule has 7 nitrogen and oxygen atoms in total. The average molecular weight is 478 g/mol. The van der Waals surface area contributed by atoms with Gasteiger partial charge >= 0.3 is 0 Å². The largest absolute Gasteiger partial charge is 0.352 e. The number of hydrogen-bond donors (Lipinski definition) is 2. The topological polar surface area (TPSA) is 95.6 Å². The Morgan fingerprint density at radius 2 is 1.88 bits per heavy atom. The van der Waals surface area contributed by atoms with Crippen LogP contribution < -0.4 is 10.6 Å². The highest BCUT2D eigenvalue weighted by Crippen LogP contribution is 2.37. The third kappa shape index (κ3) is 4.82. The fourth-order valence-electron chi connectivity index (χ4n) is 3.79. The van der Waals surface area contributed by atoms with Gasteiger partial charge in [0.1, 0.15) is 5.82 Å². The SMILES string of the molecule is C[C@H]1Sc2ccc(S(=O)(=O)N3CCC(C(=O)NCc4ccc(F)cc4)CC3)cc2NC1=O. The maximum Gasteiger partial charge on any atom is 0.243 e. The van der Waals surface area contributed by atoms with Gasteiger partial charge < -0.3 is 10.6 Å². The Hall–Kier alpha value is -2.43. The van der Waals surface area contributed by atoms with E-state index in [0.717, 1.165) is 10.5 Å². The normalized spacial score (nSPS) is 19.8. The zero-order chi connectivity index (χ0) is 22.9. The zero-order valence-electron chi connectivity index (χ0n) is 17.5. The van der Waals surface area contributed by atoms with Crippen LogP contribution in [0.25, 0.3) is 0 Å². The van der Waals surface area contributed by atoms with E-state index in [0.29, 0.717) is 25.1 Å². The Labute approximate surface area is 190 Å². The Kier molecular flexibility index (Phi) is 6.55. The molecule has 1 atom stereocenters. The first-order valence-corrected chi connectivity index (χ1v) is 12.7. The smallest absolute Gasteiger partial charge is 0.243 e. The fourth-order valence-corrected chi connectivity index (χ4v) is 6.22. The molecule has 0 unspecified atom stereocenters. The number of amides is 2. The van der Waals surface area contributed by atoms with E-state index in [4.69, 9.17) is 0 Å². The highest BCUT2D eigenvalue weighted by Gasteiger charge is 2.33. The van der Waals surface area contributed by atoms with Crippen LogP contribution in [0.5, 0.6) is 0 Å². The predicted molar refractivity (Wildman–Crippen MR) is 120 cm³/mol. The van der Waals surface area contributed by atoms with Gasteiger partial charge in [-0.05, 0) is 55.7 Å². The van der Waals surface area contributed by atoms with E-state index in [2.05, 4.69) is 10.6 Å². The maximum atomic E-state index is 13.1. The molecule has 2 aliphatic rings. The number of nitrogens with zero attached hydrogens (tertiary/aromatic N) is 1. The van der Waals surface area contributed by atoms with Crippen molar-refractivity contribution in [3.63, 3.8) is 0 Å². The Morgan fingerprint density at radius 3 is 2.56 bits per heavy atom. The lowest BCUT2D eigenvalue weighted by Gasteiger charge is -2.31. The second-order valence-corrected chi connectivity index (χ2v) is 11.3. The molecule has 170 valence electrons. The minimum Gasteiger partial charge on any atom is -0.352 e. The molecule has 2 N–H and O–H groups in total. The van der Waals surface area contributed by atoms with Crippen molar-refractivity contribution < 1.29 is 22.4 Å². The van der Waals surface area contributed by atoms with Crippen LogP contribution in [0.1, 0.15) is 25.3 Å². The molecule has 0 bridgehead atoms. The highest BCUT2D eigenvalue weighted by molar-refractivity contribution is 8.01. The second kappa shape index (κ2) is 9.21. The van der Waals surface area contributed by atoms with Gasteiger partial charge in [0, 0.05) is 30.4 Å². The van der Waals surface area contributed by atoms with Crippen molar-refractivity contribution in [2.45, 2.75) is 41.4 Å². The van der Waals surface area contributed by atoms with Crippen molar-refractivity contribution in [3.05, 3.63) is 53.8 Å². The van der Waals surface area contributed by atoms with Gasteiger partial charge in [-0.3, -0.25) is 9.59 Å². The van der Waals surface area contributed by atoms with Crippen LogP contribution in [0.15, 0.2) is 52.3 Å². The van der Waals surface area contributed by atoms with Crippen LogP contribution in [0.4, 0.5) is 10.1 Å². The molecule has 2 heterocycles. The van der Waals surface area contributed by atoms with E-state index in [1.807, 2.05) is 0 Å². The number of sulfonamides is 1. The zero-order valence-corrected chi connectivity index (χ0v) is 19.1. The number of hydrogen-bond acceptors (Lipinski definition) is 5. The molecule has 0 saturated carbocycles. The average Bonchev–Trinajstić information content (AvgIpc) is 2.79. The number of piperidine rings is 1. The lowest BCUT2D eigenvalue weighted by Crippen LogP contribution is -2.42. The summed E-state index contributed by atoms with van der Waals surface area (Å²) in [5.41, 5.74) is 1.31. The van der Waals surface area contributed by atoms with Gasteiger partial charge in [-0.1, -0.05) is 12.1 Å². The van der Waals surface area contributed by atoms with Crippen LogP contribution in [-0.2, 0) is 26.2 Å². The summed E-state index contributed by atoms with van der Waals surface area (Å²) in [6.45, 7) is 2.58. The van der Waals surface area contributed by atoms with Crippen LogP contribution in [0.2, 0.25) is 0 Å². The van der Waals surface area contributed by atoms with Crippen molar-refractivity contribution in [1.29, 1.82) is 0 Å². The molecule has 1 fully saturated rings. The summed E-state index contributed by atoms with van der Waals surface area (Å²) in [7, 11) is -3.73. The van der Waals surface area contributed by atoms with Gasteiger partial charge in [-0.25, -0.2) is 12.8 Å². The monoisotopic (exact) mass is 477 g/mol. The first kappa shape index (κ1) is 22.8. The molecule has 2 amide bonds. The van der Waals surface area contributed by atoms with Gasteiger partial charge in [0.15, 0.2) is 0 Å². The van der Waals surface area contributed by atoms with Gasteiger partial charge in [0.25, 0.3) is 0 Å². The number of halogens is 1. The Balaban J connectivity index is 1.36. The quantitative estimate of drug-likeness (QED) is 0.690. The van der Waals surface area contributed by atoms with Gasteiger partial charge in [0.05, 0.1) is 15.8 Å². The van der Waals surface area contributed by atoms with Gasteiger partial charge in [-0.15, -0.1) is 11.8 Å². The van der Waals surface area contributed by atoms with Crippen LogP contribution in [-0.4, -0.2) is 42.9 Å². The van der Waals surface area contributed by atoms with E-state index >= 15 is 0 Å². The van der Waals surface area contributed by atoms with E-state index in [1.165, 1.54) is 34.3 Å². The molecule has 2 aliphatic heterocycles. The Bertz CT molecular complexity index is 1130. The molecule has 0 aromatic heterocycles. The summed E-state index contributed by atoms with van der Waals surface area (Å²) in [6.07, 6.45) is 0.840. The molecule has 10 heteroatoms. The molecular weight excluding hydrogens is 453 g/mol. The number of carbonyl (C=O) groups excluding carboxylic acids is 2. The molecule has 0 radical (unpaired) electrons. The third-order valence-electron chi connectivity index (χ3n) is 5.72. The number of benzene rings is 2. The van der Waals surface area contributed by atoms with Crippen LogP contribution in [0, 0.1) is 11.7 Å². The predicted octanol–water partition coefficient (Wildman–Crippen LogP) is 2.98. The Morgan fingerprint density at radius 1 is 1.19 bits per heavy atom. The van der Waals surface area contributed by atoms with E-state index in [-0.39, 0.29) is 46.8 Å². The number of carbonyl (C=O) groups is 2. The summed E-state index contributed by atoms with van der Waals surface area (Å²) in [4.78, 5) is 25.4. The van der Waals surface area contributed by atoms with Crippen molar-refractivity contribution >= 4 is 39.3 Å². The molecule has 0 spiro atoms. The number of fused-ring (bicyclic) bond motifs is 1. The number of thioether (sulfide) groups is 1. The van der Waals surface area contributed by atoms with Crippen molar-refractivity contribution in [2.24, 2.45) is 5.92 Å². The molecule has 1 saturated heterocycles. The first-order valence-electron chi connectivity index (χ1n) is 10.4. The number of nitrogens with one attached hydrogen (secondary N) is 2. The highest BCUT2D eigenvalue weighted by atomic mass is 32.2. The second-order valence-electron chi connectivity index (χ2n) is 7.93. The minimum atomic E-state index is -3.73. The van der Waals surface area contributed by atoms with Crippen molar-refractivity contribution in [1.82, 2.24) is 9.62 Å². The summed E-state index contributed by atoms with van der Waals surface area (Å²) < 4.78 is 40.6. The first-order chi connectivity index (χ1) is 15.2. The van der Waals surface area contributed by atoms with Crippen molar-refractivity contribution in [2.75, 3.05) is 18.4 Å². The molecule has 2 aromatic carbocycles. The van der Waals surface area contributed by atoms with E-state index in [1.54, 1.807) is 31.2 Å². The standard InChI is InChI=1S/C22H24FN3O4S2/c1-14-21(27)25-19-12-18(6-7-20(19)31-14)32(29,30)26-10-8-16(9-11-26)22(28)24-13-15-2-4-17(23)5-3-15/h2-7,12,14,16H,8-11,13H2,1H3,(H,24,28)(H,25,27)/t14-/m1/s1. The number of anilines is 1. The summed E-state index contributed by atoms with van der Waals surface area (Å²) in [5, 5.41) is 5.38. The van der Waals surface area contributed by atoms with E-state index in [9.17, 15) is 22.4 Å². The summed E-state index contributed by atoms with van der Waals surface area (Å²) in [6, 6.07) is 10.7. The molecule has 32 heavy (non-hydrogen) atoms. The number of rotatable bonds is 5. The van der Waals surface area contributed by atoms with Gasteiger partial charge in [-0.2, -0.15) is 4.31 Å². The fraction of sp³-hybridized carbons (Fsp3) is 0.364.